The lowest BCUT2D eigenvalue weighted by Crippen LogP contribution is -2.43. The van der Waals surface area contributed by atoms with Crippen LogP contribution >= 0.6 is 11.3 Å². The maximum absolute atomic E-state index is 12.5. The summed E-state index contributed by atoms with van der Waals surface area (Å²) in [5.74, 6) is 0.573. The molecule has 2 aromatic carbocycles. The molecule has 176 valence electrons. The third kappa shape index (κ3) is 5.02. The number of amides is 2. The van der Waals surface area contributed by atoms with E-state index in [0.717, 1.165) is 40.5 Å². The van der Waals surface area contributed by atoms with Gasteiger partial charge in [0.1, 0.15) is 5.01 Å². The molecule has 0 saturated heterocycles. The summed E-state index contributed by atoms with van der Waals surface area (Å²) in [5.41, 5.74) is 6.65. The van der Waals surface area contributed by atoms with E-state index in [1.807, 2.05) is 6.07 Å². The van der Waals surface area contributed by atoms with Crippen molar-refractivity contribution in [1.82, 2.24) is 15.6 Å². The summed E-state index contributed by atoms with van der Waals surface area (Å²) in [6, 6.07) is 18.4. The lowest BCUT2D eigenvalue weighted by atomic mass is 9.87. The number of nitrogens with one attached hydrogen (secondary N) is 3. The number of hydrogen-bond donors (Lipinski definition) is 3. The second-order valence-corrected chi connectivity index (χ2v) is 10.0. The van der Waals surface area contributed by atoms with Gasteiger partial charge >= 0.3 is 6.03 Å². The smallest absolute Gasteiger partial charge is 0.319 e. The third-order valence-electron chi connectivity index (χ3n) is 6.87. The molecule has 0 spiro atoms. The fourth-order valence-corrected chi connectivity index (χ4v) is 5.99. The zero-order valence-electron chi connectivity index (χ0n) is 19.6. The van der Waals surface area contributed by atoms with Crippen molar-refractivity contribution in [2.45, 2.75) is 64.0 Å². The normalized spacial score (nSPS) is 19.0. The molecular weight excluding hydrogens is 440 g/mol. The fraction of sp³-hybridized carbons (Fsp3) is 0.357. The van der Waals surface area contributed by atoms with E-state index in [2.05, 4.69) is 76.8 Å². The van der Waals surface area contributed by atoms with Gasteiger partial charge in [0.05, 0.1) is 11.7 Å². The molecule has 5 rings (SSSR count). The highest BCUT2D eigenvalue weighted by Gasteiger charge is 2.31. The van der Waals surface area contributed by atoms with Crippen LogP contribution in [0.4, 0.5) is 10.5 Å². The molecule has 2 aliphatic rings. The quantitative estimate of drug-likeness (QED) is 0.348. The van der Waals surface area contributed by atoms with E-state index in [1.54, 1.807) is 11.3 Å². The van der Waals surface area contributed by atoms with Gasteiger partial charge in [-0.25, -0.2) is 9.78 Å². The number of hydrogen-bond acceptors (Lipinski definition) is 4. The molecule has 1 atom stereocenters. The number of carbonyl (C=O) groups is 1. The number of aromatic nitrogens is 1. The Balaban J connectivity index is 1.39. The highest BCUT2D eigenvalue weighted by molar-refractivity contribution is 7.10. The maximum atomic E-state index is 12.5. The van der Waals surface area contributed by atoms with Crippen molar-refractivity contribution in [2.75, 3.05) is 5.32 Å². The monoisotopic (exact) mass is 472 g/mol. The van der Waals surface area contributed by atoms with E-state index in [0.29, 0.717) is 5.92 Å². The van der Waals surface area contributed by atoms with Crippen LogP contribution in [0.25, 0.3) is 5.57 Å². The molecule has 0 radical (unpaired) electrons. The second kappa shape index (κ2) is 10.4. The van der Waals surface area contributed by atoms with Gasteiger partial charge in [-0.05, 0) is 42.5 Å². The summed E-state index contributed by atoms with van der Waals surface area (Å²) in [6.07, 6.45) is 7.16. The molecule has 2 heterocycles. The van der Waals surface area contributed by atoms with Crippen LogP contribution in [0.15, 0.2) is 65.7 Å². The van der Waals surface area contributed by atoms with Crippen LogP contribution in [-0.2, 0) is 6.54 Å². The van der Waals surface area contributed by atoms with E-state index >= 15 is 0 Å². The maximum Gasteiger partial charge on any atom is 0.319 e. The number of nitrogens with zero attached hydrogens (tertiary/aromatic N) is 1. The summed E-state index contributed by atoms with van der Waals surface area (Å²) in [6.45, 7) is 2.86. The molecule has 34 heavy (non-hydrogen) atoms. The summed E-state index contributed by atoms with van der Waals surface area (Å²) in [4.78, 5) is 17.6. The highest BCUT2D eigenvalue weighted by atomic mass is 32.1. The van der Waals surface area contributed by atoms with Gasteiger partial charge < -0.3 is 16.0 Å². The third-order valence-corrected chi connectivity index (χ3v) is 7.76. The number of allylic oxidation sites excluding steroid dienone is 1. The van der Waals surface area contributed by atoms with Crippen molar-refractivity contribution in [2.24, 2.45) is 0 Å². The molecule has 0 unspecified atom stereocenters. The number of benzene rings is 2. The summed E-state index contributed by atoms with van der Waals surface area (Å²) in [7, 11) is 0. The number of anilines is 1. The molecule has 3 aromatic rings. The molecular formula is C28H32N4OS. The predicted octanol–water partition coefficient (Wildman–Crippen LogP) is 6.98. The van der Waals surface area contributed by atoms with Crippen LogP contribution in [0, 0.1) is 0 Å². The highest BCUT2D eigenvalue weighted by Crippen LogP contribution is 2.40. The number of carbonyl (C=O) groups excluding carboxylic acids is 1. The Morgan fingerprint density at radius 1 is 1.03 bits per heavy atom. The zero-order chi connectivity index (χ0) is 23.3. The first-order valence-corrected chi connectivity index (χ1v) is 13.2. The Bertz CT molecular complexity index is 1150. The average molecular weight is 473 g/mol. The zero-order valence-corrected chi connectivity index (χ0v) is 20.5. The molecule has 2 amide bonds. The van der Waals surface area contributed by atoms with Crippen molar-refractivity contribution in [1.29, 1.82) is 0 Å². The van der Waals surface area contributed by atoms with Crippen molar-refractivity contribution in [3.8, 4) is 0 Å². The minimum Gasteiger partial charge on any atom is -0.381 e. The molecule has 6 heteroatoms. The number of urea groups is 1. The Hall–Kier alpha value is -3.12. The summed E-state index contributed by atoms with van der Waals surface area (Å²) >= 11 is 1.70. The average Bonchev–Trinajstić information content (AvgIpc) is 3.38. The SMILES string of the molecule is CCC1=C(c2nc(C3CCCCC3)cs2)[C@H](c2ccc(NCc3ccccc3)cc2)NC(=O)N1. The van der Waals surface area contributed by atoms with Crippen LogP contribution in [0.2, 0.25) is 0 Å². The molecule has 1 aliphatic carbocycles. The van der Waals surface area contributed by atoms with Gasteiger partial charge in [0, 0.05) is 34.8 Å². The van der Waals surface area contributed by atoms with Gasteiger partial charge in [-0.1, -0.05) is 68.7 Å². The van der Waals surface area contributed by atoms with Crippen molar-refractivity contribution < 1.29 is 4.79 Å². The Morgan fingerprint density at radius 2 is 1.79 bits per heavy atom. The first-order chi connectivity index (χ1) is 16.7. The van der Waals surface area contributed by atoms with Gasteiger partial charge in [-0.3, -0.25) is 0 Å². The van der Waals surface area contributed by atoms with E-state index in [-0.39, 0.29) is 12.1 Å². The first-order valence-electron chi connectivity index (χ1n) is 12.4. The van der Waals surface area contributed by atoms with Gasteiger partial charge in [0.15, 0.2) is 0 Å². The fourth-order valence-electron chi connectivity index (χ4n) is 4.99. The summed E-state index contributed by atoms with van der Waals surface area (Å²) < 4.78 is 0. The topological polar surface area (TPSA) is 66.0 Å². The van der Waals surface area contributed by atoms with Crippen molar-refractivity contribution >= 4 is 28.6 Å². The molecule has 1 aliphatic heterocycles. The van der Waals surface area contributed by atoms with Gasteiger partial charge in [-0.15, -0.1) is 11.3 Å². The van der Waals surface area contributed by atoms with E-state index in [4.69, 9.17) is 4.98 Å². The number of thiazole rings is 1. The van der Waals surface area contributed by atoms with Gasteiger partial charge in [0.2, 0.25) is 0 Å². The van der Waals surface area contributed by atoms with Gasteiger partial charge in [0.25, 0.3) is 0 Å². The van der Waals surface area contributed by atoms with E-state index in [1.165, 1.54) is 43.4 Å². The van der Waals surface area contributed by atoms with Crippen LogP contribution in [0.1, 0.15) is 79.2 Å². The lowest BCUT2D eigenvalue weighted by molar-refractivity contribution is 0.240. The minimum absolute atomic E-state index is 0.152. The van der Waals surface area contributed by atoms with Crippen LogP contribution in [0.5, 0.6) is 0 Å². The predicted molar refractivity (Wildman–Crippen MR) is 140 cm³/mol. The second-order valence-electron chi connectivity index (χ2n) is 9.15. The lowest BCUT2D eigenvalue weighted by Gasteiger charge is -2.29. The van der Waals surface area contributed by atoms with Crippen molar-refractivity contribution in [3.05, 3.63) is 87.5 Å². The molecule has 5 nitrogen and oxygen atoms in total. The number of rotatable bonds is 7. The van der Waals surface area contributed by atoms with Crippen molar-refractivity contribution in [3.63, 3.8) is 0 Å². The van der Waals surface area contributed by atoms with Crippen LogP contribution in [-0.4, -0.2) is 11.0 Å². The summed E-state index contributed by atoms with van der Waals surface area (Å²) in [5, 5.41) is 12.9. The Morgan fingerprint density at radius 3 is 2.53 bits per heavy atom. The Labute approximate surface area is 205 Å². The molecule has 0 bridgehead atoms. The van der Waals surface area contributed by atoms with Crippen LogP contribution < -0.4 is 16.0 Å². The van der Waals surface area contributed by atoms with E-state index < -0.39 is 0 Å². The molecule has 1 fully saturated rings. The van der Waals surface area contributed by atoms with E-state index in [9.17, 15) is 4.79 Å². The van der Waals surface area contributed by atoms with Gasteiger partial charge in [-0.2, -0.15) is 0 Å². The molecule has 3 N–H and O–H groups in total. The van der Waals surface area contributed by atoms with Crippen LogP contribution in [0.3, 0.4) is 0 Å². The standard InChI is InChI=1S/C28H32N4OS/c1-2-23-25(27-30-24(18-34-27)20-11-7-4-8-12-20)26(32-28(33)31-23)21-13-15-22(16-14-21)29-17-19-9-5-3-6-10-19/h3,5-6,9-10,13-16,18,20,26,29H,2,4,7-8,11-12,17H2,1H3,(H2,31,32,33)/t26-/m0/s1. The first kappa shape index (κ1) is 22.7. The Kier molecular flexibility index (Phi) is 6.95. The minimum atomic E-state index is -0.211. The molecule has 1 saturated carbocycles. The molecule has 1 aromatic heterocycles. The largest absolute Gasteiger partial charge is 0.381 e.